The lowest BCUT2D eigenvalue weighted by Crippen LogP contribution is -2.46. The molecule has 0 aliphatic heterocycles. The molecule has 0 heterocycles. The molecule has 0 radical (unpaired) electrons. The third-order valence-corrected chi connectivity index (χ3v) is 4.42. The third kappa shape index (κ3) is 3.41. The summed E-state index contributed by atoms with van der Waals surface area (Å²) in [6.07, 6.45) is 8.96. The van der Waals surface area contributed by atoms with E-state index in [-0.39, 0.29) is 5.92 Å². The molecule has 20 heavy (non-hydrogen) atoms. The van der Waals surface area contributed by atoms with Crippen LogP contribution in [-0.2, 0) is 9.59 Å². The van der Waals surface area contributed by atoms with Gasteiger partial charge >= 0.3 is 11.9 Å². The molecule has 0 amide bonds. The largest absolute Gasteiger partial charge is 0.481 e. The predicted octanol–water partition coefficient (Wildman–Crippen LogP) is 3.71. The fourth-order valence-electron chi connectivity index (χ4n) is 3.31. The van der Waals surface area contributed by atoms with Crippen LogP contribution in [0.4, 0.5) is 0 Å². The minimum Gasteiger partial charge on any atom is -0.481 e. The molecule has 4 heteroatoms. The highest BCUT2D eigenvalue weighted by atomic mass is 16.4. The normalized spacial score (nSPS) is 29.3. The molecule has 1 rings (SSSR count). The van der Waals surface area contributed by atoms with Crippen LogP contribution < -0.4 is 0 Å². The molecule has 0 aromatic carbocycles. The molecule has 1 aliphatic rings. The van der Waals surface area contributed by atoms with Gasteiger partial charge in [0.2, 0.25) is 0 Å². The highest BCUT2D eigenvalue weighted by Crippen LogP contribution is 2.46. The van der Waals surface area contributed by atoms with E-state index >= 15 is 0 Å². The summed E-state index contributed by atoms with van der Waals surface area (Å²) >= 11 is 0. The summed E-state index contributed by atoms with van der Waals surface area (Å²) in [6.45, 7) is 4.06. The second kappa shape index (κ2) is 7.46. The van der Waals surface area contributed by atoms with E-state index in [1.54, 1.807) is 6.08 Å². The van der Waals surface area contributed by atoms with Gasteiger partial charge in [-0.25, -0.2) is 0 Å². The van der Waals surface area contributed by atoms with E-state index in [9.17, 15) is 19.8 Å². The highest BCUT2D eigenvalue weighted by Gasteiger charge is 2.51. The Morgan fingerprint density at radius 1 is 1.20 bits per heavy atom. The maximum absolute atomic E-state index is 11.8. The minimum atomic E-state index is -1.22. The molecule has 0 saturated heterocycles. The van der Waals surface area contributed by atoms with Gasteiger partial charge in [0.1, 0.15) is 0 Å². The number of unbranched alkanes of at least 4 members (excludes halogenated alkanes) is 2. The lowest BCUT2D eigenvalue weighted by molar-refractivity contribution is -0.163. The van der Waals surface area contributed by atoms with Crippen molar-refractivity contribution in [1.82, 2.24) is 0 Å². The lowest BCUT2D eigenvalue weighted by Gasteiger charge is -2.40. The number of aliphatic carboxylic acids is 2. The second-order valence-corrected chi connectivity index (χ2v) is 5.81. The number of rotatable bonds is 8. The van der Waals surface area contributed by atoms with Gasteiger partial charge in [0.15, 0.2) is 0 Å². The summed E-state index contributed by atoms with van der Waals surface area (Å²) in [4.78, 5) is 23.5. The molecule has 4 nitrogen and oxygen atoms in total. The molecule has 2 N–H and O–H groups in total. The predicted molar refractivity (Wildman–Crippen MR) is 77.5 cm³/mol. The van der Waals surface area contributed by atoms with Crippen molar-refractivity contribution in [3.05, 3.63) is 12.2 Å². The third-order valence-electron chi connectivity index (χ3n) is 4.42. The molecule has 114 valence electrons. The summed E-state index contributed by atoms with van der Waals surface area (Å²) in [5, 5.41) is 19.3. The van der Waals surface area contributed by atoms with Gasteiger partial charge in [-0.3, -0.25) is 9.59 Å². The first-order chi connectivity index (χ1) is 9.49. The fourth-order valence-corrected chi connectivity index (χ4v) is 3.31. The van der Waals surface area contributed by atoms with Gasteiger partial charge in [-0.1, -0.05) is 51.7 Å². The van der Waals surface area contributed by atoms with Crippen LogP contribution in [-0.4, -0.2) is 22.2 Å². The number of carboxylic acids is 2. The van der Waals surface area contributed by atoms with Gasteiger partial charge in [-0.2, -0.15) is 0 Å². The molecule has 0 saturated carbocycles. The van der Waals surface area contributed by atoms with Crippen molar-refractivity contribution in [3.63, 3.8) is 0 Å². The van der Waals surface area contributed by atoms with E-state index in [0.717, 1.165) is 32.1 Å². The number of allylic oxidation sites excluding steroid dienone is 1. The minimum absolute atomic E-state index is 0.0644. The van der Waals surface area contributed by atoms with Crippen molar-refractivity contribution in [3.8, 4) is 0 Å². The molecule has 0 fully saturated rings. The Balaban J connectivity index is 3.10. The van der Waals surface area contributed by atoms with E-state index in [1.165, 1.54) is 0 Å². The molecule has 0 aromatic rings. The van der Waals surface area contributed by atoms with E-state index in [0.29, 0.717) is 12.8 Å². The molecule has 3 unspecified atom stereocenters. The summed E-state index contributed by atoms with van der Waals surface area (Å²) in [6, 6.07) is 0. The Kier molecular flexibility index (Phi) is 6.24. The van der Waals surface area contributed by atoms with Crippen LogP contribution >= 0.6 is 0 Å². The van der Waals surface area contributed by atoms with Crippen LogP contribution in [0.1, 0.15) is 58.8 Å². The zero-order valence-electron chi connectivity index (χ0n) is 12.5. The van der Waals surface area contributed by atoms with Crippen molar-refractivity contribution in [1.29, 1.82) is 0 Å². The smallest absolute Gasteiger partial charge is 0.314 e. The quantitative estimate of drug-likeness (QED) is 0.665. The summed E-state index contributed by atoms with van der Waals surface area (Å²) in [5.41, 5.74) is -1.22. The van der Waals surface area contributed by atoms with Gasteiger partial charge in [-0.15, -0.1) is 0 Å². The number of carbonyl (C=O) groups is 2. The topological polar surface area (TPSA) is 74.6 Å². The standard InChI is InChI=1S/C16H26O4/c1-3-5-8-12-9-7-11-16(15(19)20,10-6-4-2)13(12)14(17)18/h7,11-13H,3-6,8-10H2,1-2H3,(H,17,18)(H,19,20). The van der Waals surface area contributed by atoms with Crippen LogP contribution in [0.5, 0.6) is 0 Å². The van der Waals surface area contributed by atoms with E-state index in [2.05, 4.69) is 6.92 Å². The van der Waals surface area contributed by atoms with E-state index in [4.69, 9.17) is 0 Å². The van der Waals surface area contributed by atoms with Crippen LogP contribution in [0.2, 0.25) is 0 Å². The maximum atomic E-state index is 11.8. The lowest BCUT2D eigenvalue weighted by atomic mass is 9.62. The highest BCUT2D eigenvalue weighted by molar-refractivity contribution is 5.86. The average molecular weight is 282 g/mol. The van der Waals surface area contributed by atoms with Gasteiger partial charge in [0.05, 0.1) is 11.3 Å². The van der Waals surface area contributed by atoms with Crippen molar-refractivity contribution >= 4 is 11.9 Å². The first-order valence-electron chi connectivity index (χ1n) is 7.63. The summed E-state index contributed by atoms with van der Waals surface area (Å²) < 4.78 is 0. The first-order valence-corrected chi connectivity index (χ1v) is 7.63. The Bertz CT molecular complexity index is 375. The van der Waals surface area contributed by atoms with Gasteiger partial charge in [0.25, 0.3) is 0 Å². The number of hydrogen-bond donors (Lipinski definition) is 2. The molecule has 0 aromatic heterocycles. The monoisotopic (exact) mass is 282 g/mol. The average Bonchev–Trinajstić information content (AvgIpc) is 2.42. The number of carboxylic acid groups (broad SMARTS) is 2. The molecular weight excluding hydrogens is 256 g/mol. The summed E-state index contributed by atoms with van der Waals surface area (Å²) in [7, 11) is 0. The van der Waals surface area contributed by atoms with Crippen LogP contribution in [0.25, 0.3) is 0 Å². The van der Waals surface area contributed by atoms with Crippen molar-refractivity contribution in [2.45, 2.75) is 58.8 Å². The SMILES string of the molecule is CCCCC1CC=CC(CCCC)(C(=O)O)C1C(=O)O. The number of hydrogen-bond acceptors (Lipinski definition) is 2. The maximum Gasteiger partial charge on any atom is 0.314 e. The van der Waals surface area contributed by atoms with Crippen molar-refractivity contribution < 1.29 is 19.8 Å². The molecule has 1 aliphatic carbocycles. The summed E-state index contributed by atoms with van der Waals surface area (Å²) in [5.74, 6) is -2.82. The van der Waals surface area contributed by atoms with Crippen LogP contribution in [0.3, 0.4) is 0 Å². The van der Waals surface area contributed by atoms with Crippen LogP contribution in [0, 0.1) is 17.3 Å². The molecule has 0 bridgehead atoms. The zero-order chi connectivity index (χ0) is 15.2. The molecular formula is C16H26O4. The fraction of sp³-hybridized carbons (Fsp3) is 0.750. The van der Waals surface area contributed by atoms with Gasteiger partial charge in [-0.05, 0) is 25.2 Å². The van der Waals surface area contributed by atoms with E-state index in [1.807, 2.05) is 13.0 Å². The Morgan fingerprint density at radius 2 is 1.85 bits per heavy atom. The van der Waals surface area contributed by atoms with Gasteiger partial charge in [0, 0.05) is 0 Å². The van der Waals surface area contributed by atoms with Crippen molar-refractivity contribution in [2.75, 3.05) is 0 Å². The Labute approximate surface area is 120 Å². The molecule has 3 atom stereocenters. The first kappa shape index (κ1) is 16.7. The van der Waals surface area contributed by atoms with Crippen molar-refractivity contribution in [2.24, 2.45) is 17.3 Å². The van der Waals surface area contributed by atoms with Gasteiger partial charge < -0.3 is 10.2 Å². The second-order valence-electron chi connectivity index (χ2n) is 5.81. The Morgan fingerprint density at radius 3 is 2.35 bits per heavy atom. The molecule has 0 spiro atoms. The Hall–Kier alpha value is -1.32. The zero-order valence-corrected chi connectivity index (χ0v) is 12.5. The van der Waals surface area contributed by atoms with Crippen LogP contribution in [0.15, 0.2) is 12.2 Å². The van der Waals surface area contributed by atoms with E-state index < -0.39 is 23.3 Å².